The number of rotatable bonds is 3. The summed E-state index contributed by atoms with van der Waals surface area (Å²) >= 11 is 0. The molecule has 2 N–H and O–H groups in total. The van der Waals surface area contributed by atoms with Crippen LogP contribution in [-0.2, 0) is 0 Å². The highest BCUT2D eigenvalue weighted by atomic mass is 16.4. The third-order valence-electron chi connectivity index (χ3n) is 2.78. The zero-order valence-electron chi connectivity index (χ0n) is 10.4. The van der Waals surface area contributed by atoms with Crippen molar-refractivity contribution < 1.29 is 14.7 Å². The van der Waals surface area contributed by atoms with Gasteiger partial charge in [0.05, 0.1) is 5.56 Å². The second kappa shape index (κ2) is 5.35. The second-order valence-corrected chi connectivity index (χ2v) is 4.15. The van der Waals surface area contributed by atoms with Gasteiger partial charge < -0.3 is 10.4 Å². The van der Waals surface area contributed by atoms with Crippen molar-refractivity contribution in [2.45, 2.75) is 6.92 Å². The Bertz CT molecular complexity index is 618. The molecule has 0 spiro atoms. The Morgan fingerprint density at radius 1 is 1.00 bits per heavy atom. The first kappa shape index (κ1) is 12.8. The van der Waals surface area contributed by atoms with Crippen molar-refractivity contribution in [3.8, 4) is 0 Å². The van der Waals surface area contributed by atoms with Gasteiger partial charge in [0.1, 0.15) is 0 Å². The first-order valence-corrected chi connectivity index (χ1v) is 5.78. The van der Waals surface area contributed by atoms with Gasteiger partial charge in [-0.05, 0) is 42.8 Å². The molecule has 0 aromatic heterocycles. The summed E-state index contributed by atoms with van der Waals surface area (Å²) in [4.78, 5) is 22.7. The van der Waals surface area contributed by atoms with Crippen LogP contribution in [-0.4, -0.2) is 17.0 Å². The van der Waals surface area contributed by atoms with Gasteiger partial charge in [-0.25, -0.2) is 4.79 Å². The van der Waals surface area contributed by atoms with E-state index in [2.05, 4.69) is 5.32 Å². The molecule has 1 amide bonds. The smallest absolute Gasteiger partial charge is 0.335 e. The summed E-state index contributed by atoms with van der Waals surface area (Å²) in [6.07, 6.45) is 0. The maximum absolute atomic E-state index is 12.0. The van der Waals surface area contributed by atoms with E-state index < -0.39 is 5.97 Å². The van der Waals surface area contributed by atoms with Crippen LogP contribution in [0, 0.1) is 6.92 Å². The second-order valence-electron chi connectivity index (χ2n) is 4.15. The van der Waals surface area contributed by atoms with Crippen LogP contribution >= 0.6 is 0 Å². The van der Waals surface area contributed by atoms with Gasteiger partial charge in [0.25, 0.3) is 5.91 Å². The van der Waals surface area contributed by atoms with Gasteiger partial charge in [-0.15, -0.1) is 0 Å². The first-order valence-electron chi connectivity index (χ1n) is 5.78. The molecule has 2 rings (SSSR count). The zero-order chi connectivity index (χ0) is 13.8. The first-order chi connectivity index (χ1) is 9.08. The third-order valence-corrected chi connectivity index (χ3v) is 2.78. The van der Waals surface area contributed by atoms with E-state index in [9.17, 15) is 9.59 Å². The number of hydrogen-bond acceptors (Lipinski definition) is 2. The lowest BCUT2D eigenvalue weighted by atomic mass is 10.1. The fourth-order valence-corrected chi connectivity index (χ4v) is 1.72. The van der Waals surface area contributed by atoms with Gasteiger partial charge in [0.15, 0.2) is 0 Å². The largest absolute Gasteiger partial charge is 0.478 e. The van der Waals surface area contributed by atoms with Crippen molar-refractivity contribution in [2.24, 2.45) is 0 Å². The Morgan fingerprint density at radius 3 is 2.21 bits per heavy atom. The molecule has 19 heavy (non-hydrogen) atoms. The SMILES string of the molecule is Cc1ccccc1C(=O)Nc1ccc(C(=O)O)cc1. The van der Waals surface area contributed by atoms with E-state index in [1.54, 1.807) is 24.3 Å². The monoisotopic (exact) mass is 255 g/mol. The molecular weight excluding hydrogens is 242 g/mol. The minimum Gasteiger partial charge on any atom is -0.478 e. The number of carbonyl (C=O) groups is 2. The number of carboxylic acid groups (broad SMARTS) is 1. The highest BCUT2D eigenvalue weighted by Gasteiger charge is 2.09. The third kappa shape index (κ3) is 2.98. The minimum absolute atomic E-state index is 0.189. The Morgan fingerprint density at radius 2 is 1.63 bits per heavy atom. The van der Waals surface area contributed by atoms with Crippen LogP contribution in [0.2, 0.25) is 0 Å². The maximum Gasteiger partial charge on any atom is 0.335 e. The molecule has 4 nitrogen and oxygen atoms in total. The number of hydrogen-bond donors (Lipinski definition) is 2. The number of aromatic carboxylic acids is 1. The molecule has 4 heteroatoms. The predicted octanol–water partition coefficient (Wildman–Crippen LogP) is 2.95. The van der Waals surface area contributed by atoms with Gasteiger partial charge in [-0.3, -0.25) is 4.79 Å². The van der Waals surface area contributed by atoms with Crippen LogP contribution in [0.3, 0.4) is 0 Å². The quantitative estimate of drug-likeness (QED) is 0.886. The van der Waals surface area contributed by atoms with E-state index in [1.807, 2.05) is 19.1 Å². The predicted molar refractivity (Wildman–Crippen MR) is 72.5 cm³/mol. The van der Waals surface area contributed by atoms with Crippen molar-refractivity contribution in [1.82, 2.24) is 0 Å². The number of benzene rings is 2. The van der Waals surface area contributed by atoms with Crippen LogP contribution in [0.1, 0.15) is 26.3 Å². The van der Waals surface area contributed by atoms with Gasteiger partial charge in [-0.1, -0.05) is 18.2 Å². The molecular formula is C15H13NO3. The summed E-state index contributed by atoms with van der Waals surface area (Å²) in [5, 5.41) is 11.5. The topological polar surface area (TPSA) is 66.4 Å². The van der Waals surface area contributed by atoms with E-state index in [1.165, 1.54) is 12.1 Å². The molecule has 0 saturated heterocycles. The van der Waals surface area contributed by atoms with Crippen molar-refractivity contribution >= 4 is 17.6 Å². The summed E-state index contributed by atoms with van der Waals surface area (Å²) in [7, 11) is 0. The Labute approximate surface area is 110 Å². The van der Waals surface area contributed by atoms with E-state index in [4.69, 9.17) is 5.11 Å². The molecule has 0 aliphatic carbocycles. The van der Waals surface area contributed by atoms with E-state index in [-0.39, 0.29) is 11.5 Å². The zero-order valence-corrected chi connectivity index (χ0v) is 10.4. The summed E-state index contributed by atoms with van der Waals surface area (Å²) in [5.74, 6) is -1.20. The number of amides is 1. The average molecular weight is 255 g/mol. The summed E-state index contributed by atoms with van der Waals surface area (Å²) in [6.45, 7) is 1.86. The molecule has 0 atom stereocenters. The summed E-state index contributed by atoms with van der Waals surface area (Å²) < 4.78 is 0. The van der Waals surface area contributed by atoms with Crippen LogP contribution in [0.4, 0.5) is 5.69 Å². The molecule has 2 aromatic carbocycles. The Balaban J connectivity index is 2.15. The average Bonchev–Trinajstić information content (AvgIpc) is 2.39. The normalized spacial score (nSPS) is 9.95. The number of carbonyl (C=O) groups excluding carboxylic acids is 1. The van der Waals surface area contributed by atoms with Crippen LogP contribution in [0.25, 0.3) is 0 Å². The molecule has 0 heterocycles. The maximum atomic E-state index is 12.0. The molecule has 0 fully saturated rings. The standard InChI is InChI=1S/C15H13NO3/c1-10-4-2-3-5-13(10)14(17)16-12-8-6-11(7-9-12)15(18)19/h2-9H,1H3,(H,16,17)(H,18,19). The van der Waals surface area contributed by atoms with Crippen LogP contribution in [0.5, 0.6) is 0 Å². The number of anilines is 1. The molecule has 0 saturated carbocycles. The fourth-order valence-electron chi connectivity index (χ4n) is 1.72. The highest BCUT2D eigenvalue weighted by molar-refractivity contribution is 6.05. The van der Waals surface area contributed by atoms with E-state index in [0.29, 0.717) is 11.3 Å². The van der Waals surface area contributed by atoms with Crippen molar-refractivity contribution in [1.29, 1.82) is 0 Å². The lowest BCUT2D eigenvalue weighted by molar-refractivity contribution is 0.0696. The highest BCUT2D eigenvalue weighted by Crippen LogP contribution is 2.13. The molecule has 0 aliphatic heterocycles. The molecule has 0 unspecified atom stereocenters. The van der Waals surface area contributed by atoms with E-state index in [0.717, 1.165) is 5.56 Å². The van der Waals surface area contributed by atoms with Gasteiger partial charge in [0.2, 0.25) is 0 Å². The van der Waals surface area contributed by atoms with Gasteiger partial charge in [-0.2, -0.15) is 0 Å². The lowest BCUT2D eigenvalue weighted by Gasteiger charge is -2.07. The van der Waals surface area contributed by atoms with Crippen molar-refractivity contribution in [3.05, 3.63) is 65.2 Å². The molecule has 96 valence electrons. The Kier molecular flexibility index (Phi) is 3.61. The molecule has 0 radical (unpaired) electrons. The van der Waals surface area contributed by atoms with Gasteiger partial charge >= 0.3 is 5.97 Å². The molecule has 0 bridgehead atoms. The minimum atomic E-state index is -0.989. The van der Waals surface area contributed by atoms with Gasteiger partial charge in [0, 0.05) is 11.3 Å². The summed E-state index contributed by atoms with van der Waals surface area (Å²) in [6, 6.07) is 13.3. The van der Waals surface area contributed by atoms with Crippen LogP contribution in [0.15, 0.2) is 48.5 Å². The number of nitrogens with one attached hydrogen (secondary N) is 1. The number of aryl methyl sites for hydroxylation is 1. The fraction of sp³-hybridized carbons (Fsp3) is 0.0667. The van der Waals surface area contributed by atoms with Crippen LogP contribution < -0.4 is 5.32 Å². The van der Waals surface area contributed by atoms with Crippen molar-refractivity contribution in [3.63, 3.8) is 0 Å². The Hall–Kier alpha value is -2.62. The molecule has 2 aromatic rings. The number of carboxylic acids is 1. The lowest BCUT2D eigenvalue weighted by Crippen LogP contribution is -2.13. The molecule has 0 aliphatic rings. The van der Waals surface area contributed by atoms with E-state index >= 15 is 0 Å². The van der Waals surface area contributed by atoms with Crippen molar-refractivity contribution in [2.75, 3.05) is 5.32 Å². The summed E-state index contributed by atoms with van der Waals surface area (Å²) in [5.41, 5.74) is 2.25.